The lowest BCUT2D eigenvalue weighted by atomic mass is 9.82. The minimum absolute atomic E-state index is 0.0514. The Morgan fingerprint density at radius 3 is 1.90 bits per heavy atom. The maximum absolute atomic E-state index is 12.3. The zero-order valence-electron chi connectivity index (χ0n) is 17.9. The number of amides is 1. The average molecular weight is 414 g/mol. The van der Waals surface area contributed by atoms with Crippen molar-refractivity contribution in [3.63, 3.8) is 0 Å². The molecule has 158 valence electrons. The van der Waals surface area contributed by atoms with Crippen LogP contribution in [0.1, 0.15) is 42.5 Å². The van der Waals surface area contributed by atoms with E-state index in [4.69, 9.17) is 5.11 Å². The fourth-order valence-electron chi connectivity index (χ4n) is 4.71. The number of fused-ring (bicyclic) bond motifs is 3. The van der Waals surface area contributed by atoms with Crippen LogP contribution in [-0.4, -0.2) is 17.0 Å². The highest BCUT2D eigenvalue weighted by atomic mass is 16.4. The molecule has 4 heteroatoms. The molecule has 1 aliphatic carbocycles. The Balaban J connectivity index is 1.63. The molecule has 2 N–H and O–H groups in total. The van der Waals surface area contributed by atoms with Crippen molar-refractivity contribution >= 4 is 11.9 Å². The Morgan fingerprint density at radius 2 is 1.39 bits per heavy atom. The Hall–Kier alpha value is -3.40. The molecule has 0 saturated heterocycles. The van der Waals surface area contributed by atoms with Gasteiger partial charge in [0.05, 0.1) is 11.5 Å². The van der Waals surface area contributed by atoms with E-state index >= 15 is 0 Å². The highest BCUT2D eigenvalue weighted by Gasteiger charge is 2.43. The lowest BCUT2D eigenvalue weighted by Gasteiger charge is -2.33. The van der Waals surface area contributed by atoms with E-state index in [-0.39, 0.29) is 5.91 Å². The highest BCUT2D eigenvalue weighted by molar-refractivity contribution is 5.84. The Bertz CT molecular complexity index is 1070. The van der Waals surface area contributed by atoms with Crippen molar-refractivity contribution in [2.75, 3.05) is 0 Å². The fourth-order valence-corrected chi connectivity index (χ4v) is 4.71. The van der Waals surface area contributed by atoms with Gasteiger partial charge in [0.2, 0.25) is 5.91 Å². The number of benzene rings is 3. The van der Waals surface area contributed by atoms with E-state index in [1.165, 1.54) is 16.7 Å². The van der Waals surface area contributed by atoms with Crippen LogP contribution in [0.25, 0.3) is 11.1 Å². The molecule has 1 amide bonds. The van der Waals surface area contributed by atoms with Crippen LogP contribution >= 0.6 is 0 Å². The lowest BCUT2D eigenvalue weighted by Crippen LogP contribution is -2.45. The van der Waals surface area contributed by atoms with E-state index in [0.29, 0.717) is 6.42 Å². The molecule has 0 spiro atoms. The summed E-state index contributed by atoms with van der Waals surface area (Å²) in [6, 6.07) is 24.8. The Labute approximate surface area is 182 Å². The van der Waals surface area contributed by atoms with E-state index in [2.05, 4.69) is 41.7 Å². The number of aryl methyl sites for hydroxylation is 1. The molecule has 4 nitrogen and oxygen atoms in total. The van der Waals surface area contributed by atoms with Crippen LogP contribution in [0.4, 0.5) is 0 Å². The molecule has 1 aliphatic rings. The van der Waals surface area contributed by atoms with Gasteiger partial charge >= 0.3 is 5.97 Å². The number of hydrogen-bond acceptors (Lipinski definition) is 2. The lowest BCUT2D eigenvalue weighted by molar-refractivity contribution is -0.141. The molecule has 31 heavy (non-hydrogen) atoms. The maximum atomic E-state index is 12.3. The number of carboxylic acids is 1. The zero-order chi connectivity index (χ0) is 22.0. The third-order valence-corrected chi connectivity index (χ3v) is 6.23. The van der Waals surface area contributed by atoms with Crippen LogP contribution in [0, 0.1) is 5.92 Å². The van der Waals surface area contributed by atoms with Gasteiger partial charge in [0.1, 0.15) is 0 Å². The first-order chi connectivity index (χ1) is 14.9. The van der Waals surface area contributed by atoms with Gasteiger partial charge in [-0.3, -0.25) is 9.59 Å². The molecule has 3 aromatic rings. The summed E-state index contributed by atoms with van der Waals surface area (Å²) in [4.78, 5) is 23.4. The van der Waals surface area contributed by atoms with Crippen molar-refractivity contribution < 1.29 is 14.7 Å². The predicted molar refractivity (Wildman–Crippen MR) is 122 cm³/mol. The Kier molecular flexibility index (Phi) is 5.64. The highest BCUT2D eigenvalue weighted by Crippen LogP contribution is 2.49. The Morgan fingerprint density at radius 1 is 0.871 bits per heavy atom. The molecular weight excluding hydrogens is 386 g/mol. The zero-order valence-corrected chi connectivity index (χ0v) is 17.9. The van der Waals surface area contributed by atoms with Gasteiger partial charge in [-0.25, -0.2) is 0 Å². The number of carbonyl (C=O) groups is 2. The summed E-state index contributed by atoms with van der Waals surface area (Å²) in [5, 5.41) is 12.4. The number of carbonyl (C=O) groups excluding carboxylic acids is 1. The monoisotopic (exact) mass is 413 g/mol. The summed E-state index contributed by atoms with van der Waals surface area (Å²) in [7, 11) is 0. The minimum Gasteiger partial charge on any atom is -0.481 e. The average Bonchev–Trinajstić information content (AvgIpc) is 3.03. The standard InChI is InChI=1S/C27H27NO3/c1-18(26(30)31)17-21-13-11-20(12-14-21)15-16-27(28-19(2)29)24-9-5-3-7-22(24)23-8-4-6-10-25(23)27/h3-14,18H,15-17H2,1-2H3,(H,28,29)(H,30,31). The number of rotatable bonds is 7. The second-order valence-electron chi connectivity index (χ2n) is 8.44. The van der Waals surface area contributed by atoms with E-state index in [0.717, 1.165) is 29.5 Å². The quantitative estimate of drug-likeness (QED) is 0.576. The predicted octanol–water partition coefficient (Wildman–Crippen LogP) is 4.94. The van der Waals surface area contributed by atoms with Gasteiger partial charge in [-0.1, -0.05) is 79.7 Å². The van der Waals surface area contributed by atoms with Crippen LogP contribution in [0.3, 0.4) is 0 Å². The molecule has 0 aliphatic heterocycles. The molecule has 0 fully saturated rings. The van der Waals surface area contributed by atoms with Crippen molar-refractivity contribution in [1.82, 2.24) is 5.32 Å². The van der Waals surface area contributed by atoms with Crippen molar-refractivity contribution in [1.29, 1.82) is 0 Å². The molecular formula is C27H27NO3. The van der Waals surface area contributed by atoms with Gasteiger partial charge < -0.3 is 10.4 Å². The molecule has 4 rings (SSSR count). The summed E-state index contributed by atoms with van der Waals surface area (Å²) < 4.78 is 0. The van der Waals surface area contributed by atoms with Crippen molar-refractivity contribution in [2.24, 2.45) is 5.92 Å². The fraction of sp³-hybridized carbons (Fsp3) is 0.259. The van der Waals surface area contributed by atoms with E-state index in [9.17, 15) is 9.59 Å². The number of carboxylic acid groups (broad SMARTS) is 1. The van der Waals surface area contributed by atoms with Crippen molar-refractivity contribution in [3.8, 4) is 11.1 Å². The van der Waals surface area contributed by atoms with Gasteiger partial charge in [-0.15, -0.1) is 0 Å². The van der Waals surface area contributed by atoms with Crippen molar-refractivity contribution in [3.05, 3.63) is 95.1 Å². The molecule has 3 aromatic carbocycles. The molecule has 1 atom stereocenters. The SMILES string of the molecule is CC(=O)NC1(CCc2ccc(CC(C)C(=O)O)cc2)c2ccccc2-c2ccccc21. The smallest absolute Gasteiger partial charge is 0.306 e. The summed E-state index contributed by atoms with van der Waals surface area (Å²) >= 11 is 0. The number of nitrogens with one attached hydrogen (secondary N) is 1. The molecule has 0 heterocycles. The number of hydrogen-bond donors (Lipinski definition) is 2. The molecule has 0 radical (unpaired) electrons. The van der Waals surface area contributed by atoms with E-state index in [1.807, 2.05) is 36.4 Å². The van der Waals surface area contributed by atoms with Gasteiger partial charge in [0, 0.05) is 6.92 Å². The van der Waals surface area contributed by atoms with Crippen LogP contribution in [0.15, 0.2) is 72.8 Å². The molecule has 0 aromatic heterocycles. The van der Waals surface area contributed by atoms with Crippen LogP contribution in [0.5, 0.6) is 0 Å². The summed E-state index contributed by atoms with van der Waals surface area (Å²) in [5.74, 6) is -1.23. The van der Waals surface area contributed by atoms with E-state index < -0.39 is 17.4 Å². The molecule has 1 unspecified atom stereocenters. The second kappa shape index (κ2) is 8.38. The first-order valence-corrected chi connectivity index (χ1v) is 10.7. The van der Waals surface area contributed by atoms with E-state index in [1.54, 1.807) is 13.8 Å². The number of aliphatic carboxylic acids is 1. The van der Waals surface area contributed by atoms with Crippen LogP contribution < -0.4 is 5.32 Å². The van der Waals surface area contributed by atoms with Gasteiger partial charge in [-0.05, 0) is 52.6 Å². The van der Waals surface area contributed by atoms with Gasteiger partial charge in [0.15, 0.2) is 0 Å². The first-order valence-electron chi connectivity index (χ1n) is 10.7. The van der Waals surface area contributed by atoms with Crippen LogP contribution in [-0.2, 0) is 28.0 Å². The minimum atomic E-state index is -0.778. The topological polar surface area (TPSA) is 66.4 Å². The largest absolute Gasteiger partial charge is 0.481 e. The van der Waals surface area contributed by atoms with Crippen molar-refractivity contribution in [2.45, 2.75) is 38.6 Å². The molecule has 0 saturated carbocycles. The summed E-state index contributed by atoms with van der Waals surface area (Å²) in [5.41, 5.74) is 6.24. The first kappa shape index (κ1) is 20.9. The van der Waals surface area contributed by atoms with Gasteiger partial charge in [0.25, 0.3) is 0 Å². The van der Waals surface area contributed by atoms with Gasteiger partial charge in [-0.2, -0.15) is 0 Å². The second-order valence-corrected chi connectivity index (χ2v) is 8.44. The maximum Gasteiger partial charge on any atom is 0.306 e. The summed E-state index contributed by atoms with van der Waals surface area (Å²) in [6.07, 6.45) is 2.05. The van der Waals surface area contributed by atoms with Crippen LogP contribution in [0.2, 0.25) is 0 Å². The third kappa shape index (κ3) is 3.98. The third-order valence-electron chi connectivity index (χ3n) is 6.23. The molecule has 0 bridgehead atoms. The summed E-state index contributed by atoms with van der Waals surface area (Å²) in [6.45, 7) is 3.30. The normalized spacial score (nSPS) is 14.4.